The van der Waals surface area contributed by atoms with Crippen LogP contribution in [-0.4, -0.2) is 22.7 Å². The van der Waals surface area contributed by atoms with Crippen LogP contribution in [0.25, 0.3) is 6.08 Å². The standard InChI is InChI=1S/C17H17NO4/c19-17(20)11-22-15-6-2-4-13-12(3-1-5-14(13)15)7-8-16-18-9-10-21-16/h2,4,6-10,12H,1,3,5,11H2,(H,19,20). The van der Waals surface area contributed by atoms with Gasteiger partial charge in [0.2, 0.25) is 5.89 Å². The maximum Gasteiger partial charge on any atom is 0.341 e. The molecule has 2 aromatic rings. The Labute approximate surface area is 128 Å². The van der Waals surface area contributed by atoms with Gasteiger partial charge in [0.05, 0.1) is 6.20 Å². The molecular formula is C17H17NO4. The van der Waals surface area contributed by atoms with Gasteiger partial charge in [-0.05, 0) is 42.5 Å². The number of rotatable bonds is 5. The quantitative estimate of drug-likeness (QED) is 0.917. The van der Waals surface area contributed by atoms with E-state index in [4.69, 9.17) is 14.3 Å². The number of carbonyl (C=O) groups is 1. The topological polar surface area (TPSA) is 72.6 Å². The highest BCUT2D eigenvalue weighted by Crippen LogP contribution is 2.37. The molecule has 1 unspecified atom stereocenters. The molecule has 0 bridgehead atoms. The SMILES string of the molecule is O=C(O)COc1cccc2c1CCCC2C=Cc1ncco1. The van der Waals surface area contributed by atoms with Gasteiger partial charge >= 0.3 is 5.97 Å². The number of hydrogen-bond donors (Lipinski definition) is 1. The first kappa shape index (κ1) is 14.4. The molecule has 114 valence electrons. The van der Waals surface area contributed by atoms with Crippen LogP contribution >= 0.6 is 0 Å². The number of hydrogen-bond acceptors (Lipinski definition) is 4. The Morgan fingerprint density at radius 3 is 3.18 bits per heavy atom. The predicted octanol–water partition coefficient (Wildman–Crippen LogP) is 3.27. The minimum absolute atomic E-state index is 0.268. The number of fused-ring (bicyclic) bond motifs is 1. The van der Waals surface area contributed by atoms with Gasteiger partial charge in [-0.2, -0.15) is 0 Å². The molecule has 5 heteroatoms. The van der Waals surface area contributed by atoms with Gasteiger partial charge in [-0.1, -0.05) is 18.2 Å². The Hall–Kier alpha value is -2.56. The summed E-state index contributed by atoms with van der Waals surface area (Å²) in [6.45, 7) is -0.312. The van der Waals surface area contributed by atoms with Crippen LogP contribution in [0.4, 0.5) is 0 Å². The van der Waals surface area contributed by atoms with Crippen molar-refractivity contribution in [3.05, 3.63) is 53.8 Å². The van der Waals surface area contributed by atoms with Crippen LogP contribution < -0.4 is 4.74 Å². The van der Waals surface area contributed by atoms with Gasteiger partial charge in [-0.25, -0.2) is 9.78 Å². The molecular weight excluding hydrogens is 282 g/mol. The molecule has 1 N–H and O–H groups in total. The van der Waals surface area contributed by atoms with Crippen LogP contribution in [-0.2, 0) is 11.2 Å². The number of oxazole rings is 1. The number of carboxylic acid groups (broad SMARTS) is 1. The van der Waals surface area contributed by atoms with Gasteiger partial charge in [0, 0.05) is 5.92 Å². The summed E-state index contributed by atoms with van der Waals surface area (Å²) in [6.07, 6.45) is 10.1. The number of carboxylic acids is 1. The maximum absolute atomic E-state index is 10.7. The zero-order valence-electron chi connectivity index (χ0n) is 12.1. The third kappa shape index (κ3) is 3.19. The molecule has 0 radical (unpaired) electrons. The van der Waals surface area contributed by atoms with Crippen LogP contribution in [0, 0.1) is 0 Å². The Morgan fingerprint density at radius 2 is 2.41 bits per heavy atom. The summed E-state index contributed by atoms with van der Waals surface area (Å²) >= 11 is 0. The lowest BCUT2D eigenvalue weighted by Gasteiger charge is -2.25. The Morgan fingerprint density at radius 1 is 1.50 bits per heavy atom. The average Bonchev–Trinajstić information content (AvgIpc) is 3.04. The van der Waals surface area contributed by atoms with Crippen molar-refractivity contribution >= 4 is 12.0 Å². The third-order valence-corrected chi connectivity index (χ3v) is 3.78. The van der Waals surface area contributed by atoms with Crippen molar-refractivity contribution in [3.8, 4) is 5.75 Å². The van der Waals surface area contributed by atoms with E-state index in [1.54, 1.807) is 12.5 Å². The van der Waals surface area contributed by atoms with E-state index in [0.717, 1.165) is 24.8 Å². The van der Waals surface area contributed by atoms with Crippen LogP contribution in [0.15, 0.2) is 41.2 Å². The molecule has 1 aromatic heterocycles. The van der Waals surface area contributed by atoms with Gasteiger partial charge in [-0.3, -0.25) is 0 Å². The summed E-state index contributed by atoms with van der Waals surface area (Å²) < 4.78 is 10.6. The molecule has 5 nitrogen and oxygen atoms in total. The molecule has 0 saturated heterocycles. The Bertz CT molecular complexity index is 676. The molecule has 0 spiro atoms. The first-order valence-electron chi connectivity index (χ1n) is 7.28. The van der Waals surface area contributed by atoms with Crippen LogP contribution in [0.2, 0.25) is 0 Å². The van der Waals surface area contributed by atoms with E-state index >= 15 is 0 Å². The summed E-state index contributed by atoms with van der Waals surface area (Å²) in [7, 11) is 0. The number of ether oxygens (including phenoxy) is 1. The fraction of sp³-hybridized carbons (Fsp3) is 0.294. The largest absolute Gasteiger partial charge is 0.482 e. The van der Waals surface area contributed by atoms with Crippen LogP contribution in [0.5, 0.6) is 5.75 Å². The zero-order valence-corrected chi connectivity index (χ0v) is 12.1. The normalized spacial score (nSPS) is 17.4. The highest BCUT2D eigenvalue weighted by Gasteiger charge is 2.21. The lowest BCUT2D eigenvalue weighted by Crippen LogP contribution is -2.14. The molecule has 1 heterocycles. The number of aromatic nitrogens is 1. The lowest BCUT2D eigenvalue weighted by atomic mass is 9.82. The van der Waals surface area contributed by atoms with E-state index in [2.05, 4.69) is 17.1 Å². The number of nitrogens with zero attached hydrogens (tertiary/aromatic N) is 1. The minimum Gasteiger partial charge on any atom is -0.482 e. The van der Waals surface area contributed by atoms with Gasteiger partial charge in [0.1, 0.15) is 12.0 Å². The van der Waals surface area contributed by atoms with E-state index in [0.29, 0.717) is 11.6 Å². The van der Waals surface area contributed by atoms with Crippen molar-refractivity contribution in [1.82, 2.24) is 4.98 Å². The van der Waals surface area contributed by atoms with Crippen LogP contribution in [0.1, 0.15) is 35.8 Å². The highest BCUT2D eigenvalue weighted by molar-refractivity contribution is 5.68. The summed E-state index contributed by atoms with van der Waals surface area (Å²) in [6, 6.07) is 5.82. The Kier molecular flexibility index (Phi) is 4.23. The summed E-state index contributed by atoms with van der Waals surface area (Å²) in [4.78, 5) is 14.8. The number of aliphatic carboxylic acids is 1. The van der Waals surface area contributed by atoms with Crippen molar-refractivity contribution in [2.75, 3.05) is 6.61 Å². The molecule has 1 aromatic carbocycles. The van der Waals surface area contributed by atoms with Crippen molar-refractivity contribution in [2.24, 2.45) is 0 Å². The van der Waals surface area contributed by atoms with Crippen molar-refractivity contribution in [3.63, 3.8) is 0 Å². The molecule has 1 aliphatic rings. The van der Waals surface area contributed by atoms with Gasteiger partial charge in [-0.15, -0.1) is 0 Å². The molecule has 1 atom stereocenters. The fourth-order valence-corrected chi connectivity index (χ4v) is 2.84. The second-order valence-electron chi connectivity index (χ2n) is 5.23. The second-order valence-corrected chi connectivity index (χ2v) is 5.23. The lowest BCUT2D eigenvalue weighted by molar-refractivity contribution is -0.139. The third-order valence-electron chi connectivity index (χ3n) is 3.78. The smallest absolute Gasteiger partial charge is 0.341 e. The molecule has 0 saturated carbocycles. The summed E-state index contributed by atoms with van der Waals surface area (Å²) in [5.41, 5.74) is 2.30. The van der Waals surface area contributed by atoms with Crippen molar-refractivity contribution in [2.45, 2.75) is 25.2 Å². The Balaban J connectivity index is 1.83. The molecule has 3 rings (SSSR count). The van der Waals surface area contributed by atoms with Crippen LogP contribution in [0.3, 0.4) is 0 Å². The van der Waals surface area contributed by atoms with Gasteiger partial charge in [0.15, 0.2) is 6.61 Å². The summed E-state index contributed by atoms with van der Waals surface area (Å²) in [5.74, 6) is 0.567. The van der Waals surface area contributed by atoms with E-state index in [1.165, 1.54) is 5.56 Å². The second kappa shape index (κ2) is 6.47. The van der Waals surface area contributed by atoms with Gasteiger partial charge < -0.3 is 14.3 Å². The molecule has 22 heavy (non-hydrogen) atoms. The average molecular weight is 299 g/mol. The molecule has 0 aliphatic heterocycles. The minimum atomic E-state index is -0.964. The molecule has 0 amide bonds. The number of allylic oxidation sites excluding steroid dienone is 1. The summed E-state index contributed by atoms with van der Waals surface area (Å²) in [5, 5.41) is 8.77. The monoisotopic (exact) mass is 299 g/mol. The van der Waals surface area contributed by atoms with E-state index in [9.17, 15) is 4.79 Å². The first-order valence-corrected chi connectivity index (χ1v) is 7.28. The molecule has 1 aliphatic carbocycles. The predicted molar refractivity (Wildman–Crippen MR) is 80.8 cm³/mol. The highest BCUT2D eigenvalue weighted by atomic mass is 16.5. The first-order chi connectivity index (χ1) is 10.7. The van der Waals surface area contributed by atoms with Crippen molar-refractivity contribution in [1.29, 1.82) is 0 Å². The van der Waals surface area contributed by atoms with Gasteiger partial charge in [0.25, 0.3) is 0 Å². The van der Waals surface area contributed by atoms with E-state index < -0.39 is 5.97 Å². The number of benzene rings is 1. The van der Waals surface area contributed by atoms with Crippen molar-refractivity contribution < 1.29 is 19.1 Å². The van der Waals surface area contributed by atoms with E-state index in [-0.39, 0.29) is 12.5 Å². The maximum atomic E-state index is 10.7. The molecule has 0 fully saturated rings. The van der Waals surface area contributed by atoms with E-state index in [1.807, 2.05) is 18.2 Å². The zero-order chi connectivity index (χ0) is 15.4. The fourth-order valence-electron chi connectivity index (χ4n) is 2.84.